The number of unbranched alkanes of at least 4 members (excludes halogenated alkanes) is 15. The highest BCUT2D eigenvalue weighted by Gasteiger charge is 2.39. The predicted octanol–water partition coefficient (Wildman–Crippen LogP) is 17.4. The Morgan fingerprint density at radius 1 is 0.354 bits per heavy atom. The molecule has 0 radical (unpaired) electrons. The first-order chi connectivity index (χ1) is 40.1. The first-order valence-electron chi connectivity index (χ1n) is 29.9. The minimum atomic E-state index is -0.579. The maximum atomic E-state index is 11.6. The van der Waals surface area contributed by atoms with Crippen molar-refractivity contribution in [2.24, 2.45) is 0 Å². The summed E-state index contributed by atoms with van der Waals surface area (Å²) in [6, 6.07) is 49.0. The summed E-state index contributed by atoms with van der Waals surface area (Å²) in [5.74, 6) is -0.469. The lowest BCUT2D eigenvalue weighted by Gasteiger charge is -2.28. The van der Waals surface area contributed by atoms with Gasteiger partial charge < -0.3 is 28.4 Å². The number of rotatable bonds is 35. The van der Waals surface area contributed by atoms with Crippen molar-refractivity contribution in [3.05, 3.63) is 169 Å². The van der Waals surface area contributed by atoms with Crippen LogP contribution < -0.4 is 9.47 Å². The van der Waals surface area contributed by atoms with Crippen LogP contribution in [-0.2, 0) is 43.5 Å². The average Bonchev–Trinajstić information content (AvgIpc) is 3.27. The summed E-state index contributed by atoms with van der Waals surface area (Å²) in [5, 5.41) is 0. The van der Waals surface area contributed by atoms with Crippen LogP contribution in [0.2, 0.25) is 0 Å². The van der Waals surface area contributed by atoms with Gasteiger partial charge in [-0.3, -0.25) is 0 Å². The van der Waals surface area contributed by atoms with Crippen LogP contribution in [0.1, 0.15) is 147 Å². The van der Waals surface area contributed by atoms with Gasteiger partial charge in [0.2, 0.25) is 0 Å². The Morgan fingerprint density at radius 3 is 1.01 bits per heavy atom. The minimum Gasteiger partial charge on any atom is -0.494 e. The third kappa shape index (κ3) is 18.9. The molecule has 0 fully saturated rings. The van der Waals surface area contributed by atoms with E-state index in [2.05, 4.69) is 157 Å². The number of fused-ring (bicyclic) bond motifs is 3. The summed E-state index contributed by atoms with van der Waals surface area (Å²) in [6.07, 6.45) is 25.0. The number of hydrogen-bond donors (Lipinski definition) is 0. The first-order valence-corrected chi connectivity index (χ1v) is 29.9. The number of esters is 4. The Hall–Kier alpha value is -7.72. The van der Waals surface area contributed by atoms with Crippen LogP contribution in [0.5, 0.6) is 11.5 Å². The number of carbonyl (C=O) groups excluding carboxylic acids is 4. The zero-order valence-corrected chi connectivity index (χ0v) is 48.9. The molecular weight excluding hydrogens is 1020 g/mol. The second-order valence-corrected chi connectivity index (χ2v) is 21.6. The SMILES string of the molecule is CCCCCCCCC1(C)c2cc(-c3ccc(-c4ccc(OCCCCCCCCOC(=O)/C=C/C(=O)OC)cc4)cc3)ccc2-c2ccc(-c3ccc(-c4ccc(OCCCCCCCCOC(=O)/C=C/C(=O)OC)cc4)cc3)cc21. The van der Waals surface area contributed by atoms with Gasteiger partial charge in [0.05, 0.1) is 40.6 Å². The molecule has 1 aliphatic rings. The topological polar surface area (TPSA) is 124 Å². The second-order valence-electron chi connectivity index (χ2n) is 21.6. The number of benzene rings is 6. The van der Waals surface area contributed by atoms with E-state index in [-0.39, 0.29) is 5.41 Å². The molecule has 10 heteroatoms. The summed E-state index contributed by atoms with van der Waals surface area (Å²) < 4.78 is 31.4. The third-order valence-corrected chi connectivity index (χ3v) is 15.6. The molecule has 0 aliphatic heterocycles. The molecule has 1 aliphatic carbocycles. The molecule has 10 nitrogen and oxygen atoms in total. The molecule has 0 N–H and O–H groups in total. The van der Waals surface area contributed by atoms with Crippen molar-refractivity contribution >= 4 is 23.9 Å². The number of hydrogen-bond acceptors (Lipinski definition) is 10. The van der Waals surface area contributed by atoms with E-state index in [1.165, 1.54) is 108 Å². The molecule has 6 aromatic rings. The molecule has 0 amide bonds. The zero-order valence-electron chi connectivity index (χ0n) is 48.9. The fourth-order valence-electron chi connectivity index (χ4n) is 10.8. The minimum absolute atomic E-state index is 0.115. The van der Waals surface area contributed by atoms with Crippen molar-refractivity contribution in [1.82, 2.24) is 0 Å². The van der Waals surface area contributed by atoms with Crippen LogP contribution in [0.3, 0.4) is 0 Å². The van der Waals surface area contributed by atoms with Crippen LogP contribution in [0, 0.1) is 0 Å². The third-order valence-electron chi connectivity index (χ3n) is 15.6. The predicted molar refractivity (Wildman–Crippen MR) is 329 cm³/mol. The molecule has 0 atom stereocenters. The van der Waals surface area contributed by atoms with E-state index in [0.717, 1.165) is 130 Å². The van der Waals surface area contributed by atoms with Crippen molar-refractivity contribution in [3.63, 3.8) is 0 Å². The lowest BCUT2D eigenvalue weighted by atomic mass is 9.75. The van der Waals surface area contributed by atoms with Crippen LogP contribution in [-0.4, -0.2) is 64.5 Å². The molecule has 432 valence electrons. The Kier molecular flexibility index (Phi) is 25.1. The van der Waals surface area contributed by atoms with Crippen LogP contribution in [0.15, 0.2) is 158 Å². The Balaban J connectivity index is 0.890. The largest absolute Gasteiger partial charge is 0.494 e. The van der Waals surface area contributed by atoms with Crippen molar-refractivity contribution in [1.29, 1.82) is 0 Å². The number of carbonyl (C=O) groups is 4. The molecule has 0 saturated heterocycles. The maximum Gasteiger partial charge on any atom is 0.331 e. The second kappa shape index (κ2) is 33.3. The van der Waals surface area contributed by atoms with E-state index >= 15 is 0 Å². The van der Waals surface area contributed by atoms with Gasteiger partial charge in [0.25, 0.3) is 0 Å². The maximum absolute atomic E-state index is 11.6. The van der Waals surface area contributed by atoms with E-state index in [4.69, 9.17) is 18.9 Å². The van der Waals surface area contributed by atoms with E-state index < -0.39 is 23.9 Å². The molecule has 6 aromatic carbocycles. The number of ether oxygens (including phenoxy) is 6. The van der Waals surface area contributed by atoms with Gasteiger partial charge in [-0.15, -0.1) is 0 Å². The zero-order chi connectivity index (χ0) is 57.8. The van der Waals surface area contributed by atoms with E-state index in [1.807, 2.05) is 0 Å². The fraction of sp³-hybridized carbons (Fsp3) is 0.389. The summed E-state index contributed by atoms with van der Waals surface area (Å²) in [7, 11) is 2.53. The van der Waals surface area contributed by atoms with Crippen molar-refractivity contribution < 1.29 is 47.6 Å². The molecule has 0 aromatic heterocycles. The van der Waals surface area contributed by atoms with E-state index in [0.29, 0.717) is 26.4 Å². The highest BCUT2D eigenvalue weighted by atomic mass is 16.5. The molecule has 0 bridgehead atoms. The quantitative estimate of drug-likeness (QED) is 0.0164. The van der Waals surface area contributed by atoms with E-state index in [1.54, 1.807) is 0 Å². The smallest absolute Gasteiger partial charge is 0.331 e. The number of methoxy groups -OCH3 is 2. The van der Waals surface area contributed by atoms with Crippen molar-refractivity contribution in [2.75, 3.05) is 40.6 Å². The highest BCUT2D eigenvalue weighted by molar-refractivity contribution is 5.92. The average molecular weight is 1110 g/mol. The lowest BCUT2D eigenvalue weighted by molar-refractivity contribution is -0.139. The van der Waals surface area contributed by atoms with Crippen molar-refractivity contribution in [3.8, 4) is 67.1 Å². The molecule has 0 heterocycles. The van der Waals surface area contributed by atoms with Gasteiger partial charge in [-0.05, 0) is 135 Å². The van der Waals surface area contributed by atoms with Crippen LogP contribution in [0.4, 0.5) is 0 Å². The first kappa shape index (κ1) is 61.9. The molecular formula is C72H84O10. The van der Waals surface area contributed by atoms with Gasteiger partial charge in [-0.25, -0.2) is 19.2 Å². The molecule has 0 spiro atoms. The highest BCUT2D eigenvalue weighted by Crippen LogP contribution is 2.53. The van der Waals surface area contributed by atoms with Gasteiger partial charge in [0, 0.05) is 29.7 Å². The van der Waals surface area contributed by atoms with Gasteiger partial charge in [-0.1, -0.05) is 201 Å². The van der Waals surface area contributed by atoms with Crippen LogP contribution >= 0.6 is 0 Å². The Bertz CT molecular complexity index is 2810. The molecule has 7 rings (SSSR count). The molecule has 0 unspecified atom stereocenters. The summed E-state index contributed by atoms with van der Waals surface area (Å²) >= 11 is 0. The normalized spacial score (nSPS) is 12.2. The molecule has 82 heavy (non-hydrogen) atoms. The van der Waals surface area contributed by atoms with E-state index in [9.17, 15) is 19.2 Å². The monoisotopic (exact) mass is 1110 g/mol. The van der Waals surface area contributed by atoms with Crippen molar-refractivity contribution in [2.45, 2.75) is 141 Å². The standard InChI is InChI=1S/C72H84O10/c1-5-6-7-8-13-18-47-72(2)66-52-60(58-27-23-54(24-28-58)56-31-37-62(38-32-56)79-48-19-14-9-11-16-21-50-81-70(75)45-43-68(73)77-3)35-41-64(66)65-42-36-61(53-67(65)72)59-29-25-55(26-30-59)57-33-39-63(40-34-57)80-49-20-15-10-12-17-22-51-82-71(76)46-44-69(74)78-4/h23-46,52-53H,5-22,47-51H2,1-4H3/b45-43+,46-44+. The summed E-state index contributed by atoms with van der Waals surface area (Å²) in [5.41, 5.74) is 15.0. The van der Waals surface area contributed by atoms with Gasteiger partial charge in [0.15, 0.2) is 0 Å². The van der Waals surface area contributed by atoms with Crippen LogP contribution in [0.25, 0.3) is 55.6 Å². The van der Waals surface area contributed by atoms with Gasteiger partial charge >= 0.3 is 23.9 Å². The van der Waals surface area contributed by atoms with Gasteiger partial charge in [0.1, 0.15) is 11.5 Å². The lowest BCUT2D eigenvalue weighted by Crippen LogP contribution is -2.20. The fourth-order valence-corrected chi connectivity index (χ4v) is 10.8. The summed E-state index contributed by atoms with van der Waals surface area (Å²) in [4.78, 5) is 45.5. The summed E-state index contributed by atoms with van der Waals surface area (Å²) in [6.45, 7) is 6.80. The molecule has 0 saturated carbocycles. The van der Waals surface area contributed by atoms with Gasteiger partial charge in [-0.2, -0.15) is 0 Å². The Morgan fingerprint density at radius 2 is 0.646 bits per heavy atom. The Labute approximate surface area is 487 Å².